The number of rotatable bonds is 7. The van der Waals surface area contributed by atoms with Gasteiger partial charge in [-0.15, -0.1) is 0 Å². The summed E-state index contributed by atoms with van der Waals surface area (Å²) in [5.74, 6) is 0.323. The molecule has 3 aromatic rings. The van der Waals surface area contributed by atoms with E-state index in [0.717, 1.165) is 22.3 Å². The molecule has 0 aliphatic carbocycles. The van der Waals surface area contributed by atoms with E-state index in [1.54, 1.807) is 29.1 Å². The van der Waals surface area contributed by atoms with Gasteiger partial charge in [-0.2, -0.15) is 9.40 Å². The highest BCUT2D eigenvalue weighted by molar-refractivity contribution is 9.10. The van der Waals surface area contributed by atoms with E-state index in [9.17, 15) is 17.9 Å². The zero-order valence-corrected chi connectivity index (χ0v) is 21.6. The van der Waals surface area contributed by atoms with Crippen LogP contribution in [-0.4, -0.2) is 46.7 Å². The van der Waals surface area contributed by atoms with Crippen molar-refractivity contribution < 1.29 is 17.9 Å². The number of aromatic nitrogens is 2. The van der Waals surface area contributed by atoms with Crippen molar-refractivity contribution >= 4 is 37.3 Å². The summed E-state index contributed by atoms with van der Waals surface area (Å²) in [6, 6.07) is 11.8. The van der Waals surface area contributed by atoms with Gasteiger partial charge in [-0.05, 0) is 77.7 Å². The molecule has 0 saturated carbocycles. The van der Waals surface area contributed by atoms with Crippen molar-refractivity contribution in [1.82, 2.24) is 19.4 Å². The SMILES string of the molecule is C=C(/C=C(/NC1CCN(S(=O)(=O)c2ccc(F)cc2)CC1)n1ncc(Br)c1C)c1ccccc1O. The van der Waals surface area contributed by atoms with Crippen LogP contribution in [0.4, 0.5) is 4.39 Å². The zero-order chi connectivity index (χ0) is 25.2. The summed E-state index contributed by atoms with van der Waals surface area (Å²) in [5.41, 5.74) is 2.09. The topological polar surface area (TPSA) is 87.5 Å². The Labute approximate surface area is 212 Å². The number of phenols is 1. The predicted molar refractivity (Wildman–Crippen MR) is 137 cm³/mol. The van der Waals surface area contributed by atoms with Crippen LogP contribution in [0.1, 0.15) is 24.1 Å². The molecule has 184 valence electrons. The highest BCUT2D eigenvalue weighted by Crippen LogP contribution is 2.28. The molecule has 2 heterocycles. The molecule has 7 nitrogen and oxygen atoms in total. The molecule has 1 aliphatic rings. The van der Waals surface area contributed by atoms with E-state index >= 15 is 0 Å². The number of para-hydroxylation sites is 1. The number of benzene rings is 2. The van der Waals surface area contributed by atoms with Gasteiger partial charge in [0.1, 0.15) is 17.4 Å². The van der Waals surface area contributed by atoms with Crippen LogP contribution >= 0.6 is 15.9 Å². The quantitative estimate of drug-likeness (QED) is 0.407. The molecule has 1 saturated heterocycles. The summed E-state index contributed by atoms with van der Waals surface area (Å²) in [4.78, 5) is 0.0851. The Bertz CT molecular complexity index is 1360. The molecule has 0 radical (unpaired) electrons. The average molecular weight is 561 g/mol. The molecule has 35 heavy (non-hydrogen) atoms. The summed E-state index contributed by atoms with van der Waals surface area (Å²) < 4.78 is 43.1. The number of piperidine rings is 1. The van der Waals surface area contributed by atoms with Gasteiger partial charge in [-0.3, -0.25) is 0 Å². The van der Waals surface area contributed by atoms with E-state index in [0.29, 0.717) is 42.9 Å². The van der Waals surface area contributed by atoms with E-state index in [2.05, 4.69) is 32.9 Å². The third-order valence-electron chi connectivity index (χ3n) is 6.00. The molecule has 1 aliphatic heterocycles. The number of sulfonamides is 1. The number of hydrogen-bond donors (Lipinski definition) is 2. The number of allylic oxidation sites excluding steroid dienone is 2. The molecule has 0 bridgehead atoms. The van der Waals surface area contributed by atoms with E-state index in [1.807, 2.05) is 19.1 Å². The summed E-state index contributed by atoms with van der Waals surface area (Å²) in [6.45, 7) is 6.70. The van der Waals surface area contributed by atoms with Gasteiger partial charge in [0.2, 0.25) is 10.0 Å². The minimum Gasteiger partial charge on any atom is -0.507 e. The molecular weight excluding hydrogens is 535 g/mol. The maximum atomic E-state index is 13.2. The molecule has 0 spiro atoms. The standard InChI is InChI=1S/C25H26BrFN4O3S/c1-17(22-5-3-4-6-24(22)32)15-25(31-18(2)23(26)16-28-31)29-20-11-13-30(14-12-20)35(33,34)21-9-7-19(27)8-10-21/h3-10,15-16,20,29,32H,1,11-14H2,2H3/b25-15-. The van der Waals surface area contributed by atoms with Crippen molar-refractivity contribution in [2.45, 2.75) is 30.7 Å². The first-order valence-electron chi connectivity index (χ1n) is 11.1. The smallest absolute Gasteiger partial charge is 0.243 e. The number of nitrogens with one attached hydrogen (secondary N) is 1. The van der Waals surface area contributed by atoms with Crippen molar-refractivity contribution in [2.24, 2.45) is 0 Å². The van der Waals surface area contributed by atoms with Gasteiger partial charge in [0.25, 0.3) is 0 Å². The second-order valence-electron chi connectivity index (χ2n) is 8.34. The lowest BCUT2D eigenvalue weighted by Gasteiger charge is -2.32. The van der Waals surface area contributed by atoms with Gasteiger partial charge in [0.15, 0.2) is 0 Å². The average Bonchev–Trinajstić information content (AvgIpc) is 3.17. The normalized spacial score (nSPS) is 15.8. The van der Waals surface area contributed by atoms with Crippen LogP contribution in [0, 0.1) is 12.7 Å². The molecule has 2 N–H and O–H groups in total. The third-order valence-corrected chi connectivity index (χ3v) is 8.69. The lowest BCUT2D eigenvalue weighted by atomic mass is 10.0. The van der Waals surface area contributed by atoms with Crippen molar-refractivity contribution in [3.63, 3.8) is 0 Å². The van der Waals surface area contributed by atoms with Crippen molar-refractivity contribution in [3.05, 3.63) is 88.9 Å². The lowest BCUT2D eigenvalue weighted by molar-refractivity contribution is 0.303. The van der Waals surface area contributed by atoms with Crippen LogP contribution in [0.2, 0.25) is 0 Å². The zero-order valence-electron chi connectivity index (χ0n) is 19.2. The van der Waals surface area contributed by atoms with Gasteiger partial charge < -0.3 is 10.4 Å². The largest absolute Gasteiger partial charge is 0.507 e. The van der Waals surface area contributed by atoms with Crippen LogP contribution in [0.3, 0.4) is 0 Å². The molecule has 10 heteroatoms. The van der Waals surface area contributed by atoms with Crippen LogP contribution in [0.15, 0.2) is 76.8 Å². The second-order valence-corrected chi connectivity index (χ2v) is 11.1. The lowest BCUT2D eigenvalue weighted by Crippen LogP contribution is -2.45. The molecule has 1 aromatic heterocycles. The van der Waals surface area contributed by atoms with Gasteiger partial charge in [-0.1, -0.05) is 24.8 Å². The van der Waals surface area contributed by atoms with Crippen molar-refractivity contribution in [2.75, 3.05) is 13.1 Å². The van der Waals surface area contributed by atoms with Crippen molar-refractivity contribution in [3.8, 4) is 5.75 Å². The molecule has 0 amide bonds. The summed E-state index contributed by atoms with van der Waals surface area (Å²) in [6.07, 6.45) is 4.67. The minimum absolute atomic E-state index is 0.0135. The highest BCUT2D eigenvalue weighted by atomic mass is 79.9. The molecular formula is C25H26BrFN4O3S. The summed E-state index contributed by atoms with van der Waals surface area (Å²) >= 11 is 3.49. The maximum Gasteiger partial charge on any atom is 0.243 e. The fraction of sp³-hybridized carbons (Fsp3) is 0.240. The Balaban J connectivity index is 1.53. The third kappa shape index (κ3) is 5.50. The second kappa shape index (κ2) is 10.3. The molecule has 2 aromatic carbocycles. The molecule has 4 rings (SSSR count). The Morgan fingerprint density at radius 2 is 1.86 bits per heavy atom. The summed E-state index contributed by atoms with van der Waals surface area (Å²) in [7, 11) is -3.69. The van der Waals surface area contributed by atoms with Gasteiger partial charge in [-0.25, -0.2) is 17.5 Å². The Morgan fingerprint density at radius 1 is 1.20 bits per heavy atom. The Hall–Kier alpha value is -2.95. The van der Waals surface area contributed by atoms with E-state index in [1.165, 1.54) is 16.4 Å². The van der Waals surface area contributed by atoms with Crippen LogP contribution in [-0.2, 0) is 10.0 Å². The van der Waals surface area contributed by atoms with Gasteiger partial charge in [0.05, 0.1) is 21.3 Å². The van der Waals surface area contributed by atoms with Crippen LogP contribution in [0.5, 0.6) is 5.75 Å². The maximum absolute atomic E-state index is 13.2. The highest BCUT2D eigenvalue weighted by Gasteiger charge is 2.30. The van der Waals surface area contributed by atoms with Crippen LogP contribution < -0.4 is 5.32 Å². The molecule has 1 fully saturated rings. The number of aromatic hydroxyl groups is 1. The number of hydrogen-bond acceptors (Lipinski definition) is 5. The first-order valence-corrected chi connectivity index (χ1v) is 13.3. The Morgan fingerprint density at radius 3 is 2.46 bits per heavy atom. The monoisotopic (exact) mass is 560 g/mol. The molecule has 0 unspecified atom stereocenters. The number of halogens is 2. The Kier molecular flexibility index (Phi) is 7.44. The number of phenolic OH excluding ortho intramolecular Hbond substituents is 1. The van der Waals surface area contributed by atoms with E-state index in [4.69, 9.17) is 0 Å². The first kappa shape index (κ1) is 25.2. The predicted octanol–water partition coefficient (Wildman–Crippen LogP) is 4.75. The van der Waals surface area contributed by atoms with Gasteiger partial charge >= 0.3 is 0 Å². The van der Waals surface area contributed by atoms with Crippen LogP contribution in [0.25, 0.3) is 11.4 Å². The number of nitrogens with zero attached hydrogens (tertiary/aromatic N) is 3. The first-order chi connectivity index (χ1) is 16.7. The molecule has 0 atom stereocenters. The minimum atomic E-state index is -3.69. The van der Waals surface area contributed by atoms with Gasteiger partial charge in [0, 0.05) is 24.7 Å². The van der Waals surface area contributed by atoms with Crippen molar-refractivity contribution in [1.29, 1.82) is 0 Å². The van der Waals surface area contributed by atoms with E-state index < -0.39 is 15.8 Å². The summed E-state index contributed by atoms with van der Waals surface area (Å²) in [5, 5.41) is 18.2. The van der Waals surface area contributed by atoms with E-state index in [-0.39, 0.29) is 16.7 Å². The fourth-order valence-electron chi connectivity index (χ4n) is 3.99. The fourth-order valence-corrected chi connectivity index (χ4v) is 5.72.